The van der Waals surface area contributed by atoms with E-state index in [2.05, 4.69) is 5.32 Å². The SMILES string of the molecule is OC(c1cccc2c1NCC2)C(F)F. The molecule has 2 rings (SSSR count). The fraction of sp³-hybridized carbons (Fsp3) is 0.400. The largest absolute Gasteiger partial charge is 0.384 e. The van der Waals surface area contributed by atoms with Crippen LogP contribution in [0.4, 0.5) is 14.5 Å². The van der Waals surface area contributed by atoms with Crippen LogP contribution < -0.4 is 5.32 Å². The summed E-state index contributed by atoms with van der Waals surface area (Å²) in [6, 6.07) is 5.12. The van der Waals surface area contributed by atoms with Gasteiger partial charge in [0.15, 0.2) is 0 Å². The molecule has 1 atom stereocenters. The molecule has 1 heterocycles. The van der Waals surface area contributed by atoms with E-state index in [0.29, 0.717) is 11.3 Å². The first-order chi connectivity index (χ1) is 6.70. The number of halogens is 2. The first-order valence-electron chi connectivity index (χ1n) is 4.52. The maximum absolute atomic E-state index is 12.3. The van der Waals surface area contributed by atoms with Crippen LogP contribution in [0.3, 0.4) is 0 Å². The molecule has 76 valence electrons. The number of aliphatic hydroxyl groups is 1. The van der Waals surface area contributed by atoms with Crippen molar-refractivity contribution in [2.45, 2.75) is 19.0 Å². The van der Waals surface area contributed by atoms with Gasteiger partial charge in [0, 0.05) is 17.8 Å². The Hall–Kier alpha value is -1.16. The van der Waals surface area contributed by atoms with E-state index in [-0.39, 0.29) is 0 Å². The monoisotopic (exact) mass is 199 g/mol. The van der Waals surface area contributed by atoms with E-state index in [9.17, 15) is 13.9 Å². The van der Waals surface area contributed by atoms with Gasteiger partial charge in [0.05, 0.1) is 0 Å². The quantitative estimate of drug-likeness (QED) is 0.763. The summed E-state index contributed by atoms with van der Waals surface area (Å²) in [6.07, 6.45) is -3.58. The number of para-hydroxylation sites is 1. The van der Waals surface area contributed by atoms with Crippen LogP contribution in [0.2, 0.25) is 0 Å². The lowest BCUT2D eigenvalue weighted by Gasteiger charge is -2.14. The highest BCUT2D eigenvalue weighted by Crippen LogP contribution is 2.33. The minimum absolute atomic E-state index is 0.301. The van der Waals surface area contributed by atoms with Gasteiger partial charge in [0.25, 0.3) is 6.43 Å². The predicted molar refractivity (Wildman–Crippen MR) is 49.6 cm³/mol. The molecule has 0 bridgehead atoms. The summed E-state index contributed by atoms with van der Waals surface area (Å²) in [4.78, 5) is 0. The Kier molecular flexibility index (Phi) is 2.37. The molecule has 1 aliphatic rings. The molecule has 0 radical (unpaired) electrons. The maximum atomic E-state index is 12.3. The third kappa shape index (κ3) is 1.46. The number of hydrogen-bond acceptors (Lipinski definition) is 2. The zero-order chi connectivity index (χ0) is 10.1. The summed E-state index contributed by atoms with van der Waals surface area (Å²) in [7, 11) is 0. The van der Waals surface area contributed by atoms with Crippen LogP contribution in [0.5, 0.6) is 0 Å². The molecule has 2 nitrogen and oxygen atoms in total. The maximum Gasteiger partial charge on any atom is 0.268 e. The Labute approximate surface area is 80.6 Å². The van der Waals surface area contributed by atoms with Crippen molar-refractivity contribution in [2.75, 3.05) is 11.9 Å². The minimum atomic E-state index is -2.73. The van der Waals surface area contributed by atoms with Crippen LogP contribution in [0, 0.1) is 0 Å². The Morgan fingerprint density at radius 2 is 2.14 bits per heavy atom. The Morgan fingerprint density at radius 3 is 2.86 bits per heavy atom. The van der Waals surface area contributed by atoms with Gasteiger partial charge < -0.3 is 10.4 Å². The molecule has 0 aliphatic carbocycles. The number of anilines is 1. The number of benzene rings is 1. The van der Waals surface area contributed by atoms with Crippen molar-refractivity contribution >= 4 is 5.69 Å². The summed E-state index contributed by atoms with van der Waals surface area (Å²) in [5, 5.41) is 12.3. The molecule has 0 spiro atoms. The van der Waals surface area contributed by atoms with Gasteiger partial charge in [-0.1, -0.05) is 18.2 Å². The fourth-order valence-corrected chi connectivity index (χ4v) is 1.75. The smallest absolute Gasteiger partial charge is 0.268 e. The molecule has 14 heavy (non-hydrogen) atoms. The molecule has 0 aromatic heterocycles. The van der Waals surface area contributed by atoms with Crippen LogP contribution in [0.25, 0.3) is 0 Å². The highest BCUT2D eigenvalue weighted by atomic mass is 19.3. The van der Waals surface area contributed by atoms with E-state index in [1.807, 2.05) is 6.07 Å². The van der Waals surface area contributed by atoms with Crippen molar-refractivity contribution in [2.24, 2.45) is 0 Å². The summed E-state index contributed by atoms with van der Waals surface area (Å²) in [5.41, 5.74) is 1.98. The lowest BCUT2D eigenvalue weighted by molar-refractivity contribution is -0.00538. The Bertz CT molecular complexity index is 341. The predicted octanol–water partition coefficient (Wildman–Crippen LogP) is 1.95. The molecule has 0 fully saturated rings. The van der Waals surface area contributed by atoms with Gasteiger partial charge in [-0.15, -0.1) is 0 Å². The number of fused-ring (bicyclic) bond motifs is 1. The summed E-state index contributed by atoms with van der Waals surface area (Å²) in [5.74, 6) is 0. The van der Waals surface area contributed by atoms with E-state index < -0.39 is 12.5 Å². The molecular formula is C10H11F2NO. The minimum Gasteiger partial charge on any atom is -0.384 e. The average Bonchev–Trinajstić information content (AvgIpc) is 2.63. The molecule has 4 heteroatoms. The highest BCUT2D eigenvalue weighted by Gasteiger charge is 2.24. The van der Waals surface area contributed by atoms with E-state index >= 15 is 0 Å². The Balaban J connectivity index is 2.39. The van der Waals surface area contributed by atoms with E-state index in [4.69, 9.17) is 0 Å². The van der Waals surface area contributed by atoms with E-state index in [0.717, 1.165) is 18.5 Å². The standard InChI is InChI=1S/C10H11F2NO/c11-10(12)9(14)7-3-1-2-6-4-5-13-8(6)7/h1-3,9-10,13-14H,4-5H2. The molecule has 0 saturated carbocycles. The number of nitrogens with one attached hydrogen (secondary N) is 1. The van der Waals surface area contributed by atoms with Gasteiger partial charge in [-0.25, -0.2) is 8.78 Å². The first kappa shape index (κ1) is 9.40. The summed E-state index contributed by atoms with van der Waals surface area (Å²) >= 11 is 0. The van der Waals surface area contributed by atoms with Gasteiger partial charge >= 0.3 is 0 Å². The van der Waals surface area contributed by atoms with Gasteiger partial charge in [0.1, 0.15) is 6.10 Å². The number of alkyl halides is 2. The van der Waals surface area contributed by atoms with Gasteiger partial charge in [-0.05, 0) is 12.0 Å². The van der Waals surface area contributed by atoms with Crippen molar-refractivity contribution < 1.29 is 13.9 Å². The zero-order valence-electron chi connectivity index (χ0n) is 7.50. The van der Waals surface area contributed by atoms with Crippen LogP contribution in [-0.4, -0.2) is 18.1 Å². The van der Waals surface area contributed by atoms with Crippen LogP contribution in [0.15, 0.2) is 18.2 Å². The van der Waals surface area contributed by atoms with Gasteiger partial charge in [-0.2, -0.15) is 0 Å². The van der Waals surface area contributed by atoms with Crippen LogP contribution in [0.1, 0.15) is 17.2 Å². The van der Waals surface area contributed by atoms with E-state index in [1.54, 1.807) is 6.07 Å². The van der Waals surface area contributed by atoms with Gasteiger partial charge in [-0.3, -0.25) is 0 Å². The van der Waals surface area contributed by atoms with Crippen molar-refractivity contribution in [3.8, 4) is 0 Å². The third-order valence-electron chi connectivity index (χ3n) is 2.44. The highest BCUT2D eigenvalue weighted by molar-refractivity contribution is 5.61. The lowest BCUT2D eigenvalue weighted by atomic mass is 10.0. The first-order valence-corrected chi connectivity index (χ1v) is 4.52. The number of hydrogen-bond donors (Lipinski definition) is 2. The normalized spacial score (nSPS) is 16.6. The summed E-state index contributed by atoms with van der Waals surface area (Å²) in [6.45, 7) is 0.752. The molecular weight excluding hydrogens is 188 g/mol. The summed E-state index contributed by atoms with van der Waals surface area (Å²) < 4.78 is 24.6. The average molecular weight is 199 g/mol. The van der Waals surface area contributed by atoms with Crippen molar-refractivity contribution in [1.29, 1.82) is 0 Å². The molecule has 1 unspecified atom stereocenters. The third-order valence-corrected chi connectivity index (χ3v) is 2.44. The van der Waals surface area contributed by atoms with Crippen molar-refractivity contribution in [3.05, 3.63) is 29.3 Å². The molecule has 1 aromatic carbocycles. The van der Waals surface area contributed by atoms with E-state index in [1.165, 1.54) is 6.07 Å². The number of aliphatic hydroxyl groups excluding tert-OH is 1. The molecule has 1 aliphatic heterocycles. The van der Waals surface area contributed by atoms with Crippen molar-refractivity contribution in [1.82, 2.24) is 0 Å². The Morgan fingerprint density at radius 1 is 1.36 bits per heavy atom. The molecule has 0 saturated heterocycles. The lowest BCUT2D eigenvalue weighted by Crippen LogP contribution is -2.10. The molecule has 1 aromatic rings. The van der Waals surface area contributed by atoms with Crippen molar-refractivity contribution in [3.63, 3.8) is 0 Å². The zero-order valence-corrected chi connectivity index (χ0v) is 7.50. The second-order valence-electron chi connectivity index (χ2n) is 3.34. The topological polar surface area (TPSA) is 32.3 Å². The van der Waals surface area contributed by atoms with Crippen LogP contribution in [-0.2, 0) is 6.42 Å². The second-order valence-corrected chi connectivity index (χ2v) is 3.34. The second kappa shape index (κ2) is 3.53. The fourth-order valence-electron chi connectivity index (χ4n) is 1.75. The molecule has 2 N–H and O–H groups in total. The van der Waals surface area contributed by atoms with Gasteiger partial charge in [0.2, 0.25) is 0 Å². The van der Waals surface area contributed by atoms with Crippen LogP contribution >= 0.6 is 0 Å². The molecule has 0 amide bonds. The number of rotatable bonds is 2.